The van der Waals surface area contributed by atoms with Crippen LogP contribution in [0.5, 0.6) is 0 Å². The van der Waals surface area contributed by atoms with E-state index in [-0.39, 0.29) is 11.9 Å². The highest BCUT2D eigenvalue weighted by Gasteiger charge is 2.25. The van der Waals surface area contributed by atoms with Crippen molar-refractivity contribution in [3.63, 3.8) is 0 Å². The first kappa shape index (κ1) is 15.2. The van der Waals surface area contributed by atoms with Gasteiger partial charge in [-0.15, -0.1) is 11.3 Å². The van der Waals surface area contributed by atoms with Gasteiger partial charge >= 0.3 is 0 Å². The molecule has 2 heterocycles. The Hall–Kier alpha value is -1.72. The van der Waals surface area contributed by atoms with Crippen LogP contribution in [0.2, 0.25) is 0 Å². The fraction of sp³-hybridized carbons (Fsp3) is 0.412. The van der Waals surface area contributed by atoms with E-state index in [0.29, 0.717) is 0 Å². The number of aromatic nitrogens is 1. The number of carbonyl (C=O) groups excluding carboxylic acids is 1. The van der Waals surface area contributed by atoms with Crippen LogP contribution in [0.3, 0.4) is 0 Å². The number of benzene rings is 1. The Morgan fingerprint density at radius 3 is 2.50 bits per heavy atom. The Bertz CT molecular complexity index is 670. The van der Waals surface area contributed by atoms with Crippen molar-refractivity contribution in [2.24, 2.45) is 5.73 Å². The Balaban J connectivity index is 1.83. The highest BCUT2D eigenvalue weighted by Crippen LogP contribution is 2.29. The predicted molar refractivity (Wildman–Crippen MR) is 90.1 cm³/mol. The number of likely N-dealkylation sites (tertiary alicyclic amines) is 1. The second kappa shape index (κ2) is 6.18. The molecular formula is C17H21N3OS. The number of hydrogen-bond donors (Lipinski definition) is 1. The van der Waals surface area contributed by atoms with Crippen molar-refractivity contribution >= 4 is 17.2 Å². The summed E-state index contributed by atoms with van der Waals surface area (Å²) in [7, 11) is 0. The summed E-state index contributed by atoms with van der Waals surface area (Å²) in [4.78, 5) is 19.9. The van der Waals surface area contributed by atoms with Gasteiger partial charge in [0.2, 0.25) is 0 Å². The minimum Gasteiger partial charge on any atom is -0.338 e. The molecule has 1 aliphatic rings. The maximum Gasteiger partial charge on any atom is 0.265 e. The van der Waals surface area contributed by atoms with Gasteiger partial charge in [0.25, 0.3) is 5.91 Å². The van der Waals surface area contributed by atoms with Crippen molar-refractivity contribution < 1.29 is 4.79 Å². The summed E-state index contributed by atoms with van der Waals surface area (Å²) in [5, 5.41) is 0.912. The molecule has 0 bridgehead atoms. The summed E-state index contributed by atoms with van der Waals surface area (Å²) in [6.07, 6.45) is 1.77. The SMILES string of the molecule is Cc1ccc(-c2nc(C)c(C(=O)N3CCC(N)CC3)s2)cc1. The maximum atomic E-state index is 12.7. The second-order valence-corrected chi connectivity index (χ2v) is 6.93. The minimum absolute atomic E-state index is 0.0975. The first-order valence-electron chi connectivity index (χ1n) is 7.64. The molecule has 0 atom stereocenters. The van der Waals surface area contributed by atoms with Gasteiger partial charge in [-0.25, -0.2) is 4.98 Å². The molecule has 2 N–H and O–H groups in total. The monoisotopic (exact) mass is 315 g/mol. The zero-order valence-electron chi connectivity index (χ0n) is 13.0. The van der Waals surface area contributed by atoms with Crippen LogP contribution in [0.25, 0.3) is 10.6 Å². The zero-order chi connectivity index (χ0) is 15.7. The summed E-state index contributed by atoms with van der Waals surface area (Å²) >= 11 is 1.49. The topological polar surface area (TPSA) is 59.2 Å². The van der Waals surface area contributed by atoms with Crippen molar-refractivity contribution in [3.05, 3.63) is 40.4 Å². The Labute approximate surface area is 135 Å². The molecule has 1 amide bonds. The maximum absolute atomic E-state index is 12.7. The molecule has 1 aromatic heterocycles. The van der Waals surface area contributed by atoms with E-state index in [1.165, 1.54) is 16.9 Å². The van der Waals surface area contributed by atoms with Gasteiger partial charge in [0, 0.05) is 24.7 Å². The van der Waals surface area contributed by atoms with Gasteiger partial charge in [0.05, 0.1) is 5.69 Å². The third-order valence-corrected chi connectivity index (χ3v) is 5.31. The Kier molecular flexibility index (Phi) is 4.27. The zero-order valence-corrected chi connectivity index (χ0v) is 13.8. The molecule has 0 spiro atoms. The molecule has 1 aliphatic heterocycles. The van der Waals surface area contributed by atoms with Gasteiger partial charge in [0.1, 0.15) is 9.88 Å². The predicted octanol–water partition coefficient (Wildman–Crippen LogP) is 2.99. The molecule has 1 aromatic carbocycles. The van der Waals surface area contributed by atoms with Crippen LogP contribution in [0.1, 0.15) is 33.8 Å². The lowest BCUT2D eigenvalue weighted by Gasteiger charge is -2.29. The number of nitrogens with zero attached hydrogens (tertiary/aromatic N) is 2. The van der Waals surface area contributed by atoms with Gasteiger partial charge in [-0.1, -0.05) is 29.8 Å². The first-order valence-corrected chi connectivity index (χ1v) is 8.45. The van der Waals surface area contributed by atoms with E-state index in [1.807, 2.05) is 11.8 Å². The molecule has 0 aliphatic carbocycles. The highest BCUT2D eigenvalue weighted by molar-refractivity contribution is 7.17. The fourth-order valence-corrected chi connectivity index (χ4v) is 3.70. The number of rotatable bonds is 2. The third kappa shape index (κ3) is 3.05. The van der Waals surface area contributed by atoms with Gasteiger partial charge in [-0.3, -0.25) is 4.79 Å². The number of amides is 1. The molecule has 1 fully saturated rings. The molecule has 0 saturated carbocycles. The smallest absolute Gasteiger partial charge is 0.265 e. The lowest BCUT2D eigenvalue weighted by molar-refractivity contribution is 0.0718. The molecule has 3 rings (SSSR count). The summed E-state index contributed by atoms with van der Waals surface area (Å²) in [6.45, 7) is 5.47. The summed E-state index contributed by atoms with van der Waals surface area (Å²) < 4.78 is 0. The molecule has 0 unspecified atom stereocenters. The van der Waals surface area contributed by atoms with Crippen molar-refractivity contribution in [2.45, 2.75) is 32.7 Å². The van der Waals surface area contributed by atoms with E-state index in [0.717, 1.165) is 47.1 Å². The quantitative estimate of drug-likeness (QED) is 0.927. The normalized spacial score (nSPS) is 16.0. The molecule has 22 heavy (non-hydrogen) atoms. The van der Waals surface area contributed by atoms with E-state index < -0.39 is 0 Å². The fourth-order valence-electron chi connectivity index (χ4n) is 2.66. The van der Waals surface area contributed by atoms with E-state index >= 15 is 0 Å². The standard InChI is InChI=1S/C17H21N3OS/c1-11-3-5-13(6-4-11)16-19-12(2)15(22-16)17(21)20-9-7-14(18)8-10-20/h3-6,14H,7-10,18H2,1-2H3. The molecule has 116 valence electrons. The lowest BCUT2D eigenvalue weighted by Crippen LogP contribution is -2.42. The van der Waals surface area contributed by atoms with Crippen LogP contribution in [-0.2, 0) is 0 Å². The van der Waals surface area contributed by atoms with E-state index in [9.17, 15) is 4.79 Å². The molecule has 0 radical (unpaired) electrons. The van der Waals surface area contributed by atoms with E-state index in [1.54, 1.807) is 0 Å². The largest absolute Gasteiger partial charge is 0.338 e. The summed E-state index contributed by atoms with van der Waals surface area (Å²) in [5.41, 5.74) is 9.02. The molecule has 2 aromatic rings. The Morgan fingerprint density at radius 1 is 1.23 bits per heavy atom. The number of aryl methyl sites for hydroxylation is 2. The number of nitrogens with two attached hydrogens (primary N) is 1. The van der Waals surface area contributed by atoms with Crippen LogP contribution in [0.4, 0.5) is 0 Å². The average molecular weight is 315 g/mol. The lowest BCUT2D eigenvalue weighted by atomic mass is 10.1. The van der Waals surface area contributed by atoms with Gasteiger partial charge in [-0.2, -0.15) is 0 Å². The minimum atomic E-state index is 0.0975. The molecular weight excluding hydrogens is 294 g/mol. The summed E-state index contributed by atoms with van der Waals surface area (Å²) in [6, 6.07) is 8.48. The van der Waals surface area contributed by atoms with Crippen molar-refractivity contribution in [2.75, 3.05) is 13.1 Å². The van der Waals surface area contributed by atoms with Crippen molar-refractivity contribution in [1.82, 2.24) is 9.88 Å². The van der Waals surface area contributed by atoms with Gasteiger partial charge < -0.3 is 10.6 Å². The summed E-state index contributed by atoms with van der Waals surface area (Å²) in [5.74, 6) is 0.0975. The van der Waals surface area contributed by atoms with Crippen LogP contribution >= 0.6 is 11.3 Å². The molecule has 5 heteroatoms. The second-order valence-electron chi connectivity index (χ2n) is 5.93. The Morgan fingerprint density at radius 2 is 1.86 bits per heavy atom. The van der Waals surface area contributed by atoms with Crippen LogP contribution in [0.15, 0.2) is 24.3 Å². The van der Waals surface area contributed by atoms with Gasteiger partial charge in [-0.05, 0) is 26.7 Å². The van der Waals surface area contributed by atoms with Crippen molar-refractivity contribution in [1.29, 1.82) is 0 Å². The van der Waals surface area contributed by atoms with Crippen LogP contribution < -0.4 is 5.73 Å². The third-order valence-electron chi connectivity index (χ3n) is 4.12. The molecule has 1 saturated heterocycles. The van der Waals surface area contributed by atoms with Crippen LogP contribution in [-0.4, -0.2) is 34.9 Å². The highest BCUT2D eigenvalue weighted by atomic mass is 32.1. The molecule has 4 nitrogen and oxygen atoms in total. The van der Waals surface area contributed by atoms with Crippen molar-refractivity contribution in [3.8, 4) is 10.6 Å². The number of hydrogen-bond acceptors (Lipinski definition) is 4. The van der Waals surface area contributed by atoms with E-state index in [2.05, 4.69) is 36.2 Å². The van der Waals surface area contributed by atoms with Gasteiger partial charge in [0.15, 0.2) is 0 Å². The van der Waals surface area contributed by atoms with E-state index in [4.69, 9.17) is 5.73 Å². The average Bonchev–Trinajstić information content (AvgIpc) is 2.90. The van der Waals surface area contributed by atoms with Crippen LogP contribution in [0, 0.1) is 13.8 Å². The number of thiazole rings is 1. The number of piperidine rings is 1. The number of carbonyl (C=O) groups is 1. The first-order chi connectivity index (χ1) is 10.5.